The first-order valence-electron chi connectivity index (χ1n) is 7.89. The number of hydrogen-bond donors (Lipinski definition) is 2. The molecule has 126 valence electrons. The maximum Gasteiger partial charge on any atom is 0.275 e. The van der Waals surface area contributed by atoms with Gasteiger partial charge in [-0.15, -0.1) is 0 Å². The highest BCUT2D eigenvalue weighted by atomic mass is 79.9. The summed E-state index contributed by atoms with van der Waals surface area (Å²) in [7, 11) is 0. The minimum absolute atomic E-state index is 0.271. The molecule has 1 heterocycles. The summed E-state index contributed by atoms with van der Waals surface area (Å²) in [6, 6.07) is 15.4. The van der Waals surface area contributed by atoms with Crippen molar-refractivity contribution in [2.75, 3.05) is 10.6 Å². The van der Waals surface area contributed by atoms with Crippen molar-refractivity contribution >= 4 is 39.0 Å². The molecule has 2 N–H and O–H groups in total. The number of carbonyl (C=O) groups excluding carboxylic acids is 1. The fraction of sp³-hybridized carbons (Fsp3) is 0.105. The van der Waals surface area contributed by atoms with E-state index in [4.69, 9.17) is 0 Å². The van der Waals surface area contributed by atoms with Crippen LogP contribution in [0.4, 0.5) is 17.2 Å². The van der Waals surface area contributed by atoms with E-state index < -0.39 is 0 Å². The van der Waals surface area contributed by atoms with E-state index in [0.29, 0.717) is 5.82 Å². The monoisotopic (exact) mass is 396 g/mol. The summed E-state index contributed by atoms with van der Waals surface area (Å²) >= 11 is 3.39. The van der Waals surface area contributed by atoms with E-state index in [9.17, 15) is 4.79 Å². The van der Waals surface area contributed by atoms with Gasteiger partial charge in [-0.1, -0.05) is 41.1 Å². The van der Waals surface area contributed by atoms with E-state index in [1.54, 1.807) is 6.20 Å². The second-order valence-electron chi connectivity index (χ2n) is 5.38. The van der Waals surface area contributed by atoms with E-state index in [-0.39, 0.29) is 11.6 Å². The van der Waals surface area contributed by atoms with Crippen LogP contribution in [0.3, 0.4) is 0 Å². The minimum atomic E-state index is -0.274. The molecule has 0 spiro atoms. The molecular formula is C19H17BrN4O. The van der Waals surface area contributed by atoms with Gasteiger partial charge in [-0.25, -0.2) is 9.97 Å². The number of nitrogens with zero attached hydrogens (tertiary/aromatic N) is 2. The molecule has 0 aliphatic heterocycles. The number of para-hydroxylation sites is 1. The Kier molecular flexibility index (Phi) is 5.40. The number of nitrogens with one attached hydrogen (secondary N) is 2. The Hall–Kier alpha value is -2.73. The van der Waals surface area contributed by atoms with Crippen LogP contribution in [0.5, 0.6) is 0 Å². The number of amides is 1. The van der Waals surface area contributed by atoms with Gasteiger partial charge in [-0.2, -0.15) is 0 Å². The van der Waals surface area contributed by atoms with Gasteiger partial charge in [0.15, 0.2) is 0 Å². The van der Waals surface area contributed by atoms with Crippen LogP contribution >= 0.6 is 15.9 Å². The van der Waals surface area contributed by atoms with Crippen molar-refractivity contribution < 1.29 is 4.79 Å². The van der Waals surface area contributed by atoms with Gasteiger partial charge >= 0.3 is 0 Å². The molecule has 1 aromatic heterocycles. The highest BCUT2D eigenvalue weighted by molar-refractivity contribution is 9.10. The number of benzene rings is 2. The molecule has 0 saturated heterocycles. The third-order valence-electron chi connectivity index (χ3n) is 3.65. The smallest absolute Gasteiger partial charge is 0.275 e. The lowest BCUT2D eigenvalue weighted by molar-refractivity contribution is 0.102. The number of rotatable bonds is 5. The molecule has 5 nitrogen and oxygen atoms in total. The van der Waals surface area contributed by atoms with Crippen LogP contribution in [0.25, 0.3) is 0 Å². The van der Waals surface area contributed by atoms with Gasteiger partial charge in [0, 0.05) is 15.8 Å². The Morgan fingerprint density at radius 2 is 1.80 bits per heavy atom. The zero-order chi connectivity index (χ0) is 17.6. The maximum absolute atomic E-state index is 12.4. The van der Waals surface area contributed by atoms with Crippen LogP contribution in [-0.4, -0.2) is 15.9 Å². The molecule has 25 heavy (non-hydrogen) atoms. The molecule has 3 aromatic rings. The van der Waals surface area contributed by atoms with Gasteiger partial charge in [0.1, 0.15) is 11.5 Å². The second kappa shape index (κ2) is 7.90. The van der Waals surface area contributed by atoms with Crippen LogP contribution < -0.4 is 10.6 Å². The molecule has 0 aliphatic rings. The van der Waals surface area contributed by atoms with Crippen molar-refractivity contribution in [3.05, 3.63) is 76.7 Å². The van der Waals surface area contributed by atoms with Crippen LogP contribution in [0.15, 0.2) is 65.4 Å². The third-order valence-corrected chi connectivity index (χ3v) is 4.18. The molecule has 0 radical (unpaired) electrons. The maximum atomic E-state index is 12.4. The summed E-state index contributed by atoms with van der Waals surface area (Å²) in [5.41, 5.74) is 3.05. The SMILES string of the molecule is CCc1ccccc1NC(=O)c1cnc(Nc2ccc(Br)cc2)cn1. The van der Waals surface area contributed by atoms with Gasteiger partial charge in [0.05, 0.1) is 12.4 Å². The van der Waals surface area contributed by atoms with E-state index in [0.717, 1.165) is 27.8 Å². The Morgan fingerprint density at radius 3 is 2.48 bits per heavy atom. The van der Waals surface area contributed by atoms with Crippen LogP contribution in [0.1, 0.15) is 23.0 Å². The molecule has 3 rings (SSSR count). The van der Waals surface area contributed by atoms with Gasteiger partial charge < -0.3 is 10.6 Å². The van der Waals surface area contributed by atoms with Crippen LogP contribution in [0.2, 0.25) is 0 Å². The Labute approximate surface area is 154 Å². The number of hydrogen-bond acceptors (Lipinski definition) is 4. The van der Waals surface area contributed by atoms with Crippen molar-refractivity contribution in [1.29, 1.82) is 0 Å². The van der Waals surface area contributed by atoms with Gasteiger partial charge in [0.25, 0.3) is 5.91 Å². The molecule has 1 amide bonds. The number of aryl methyl sites for hydroxylation is 1. The second-order valence-corrected chi connectivity index (χ2v) is 6.30. The summed E-state index contributed by atoms with van der Waals surface area (Å²) in [5, 5.41) is 6.03. The Bertz CT molecular complexity index is 863. The van der Waals surface area contributed by atoms with E-state index in [1.807, 2.05) is 55.5 Å². The third kappa shape index (κ3) is 4.42. The molecule has 0 atom stereocenters. The molecule has 2 aromatic carbocycles. The first-order chi connectivity index (χ1) is 12.2. The minimum Gasteiger partial charge on any atom is -0.339 e. The molecule has 0 bridgehead atoms. The highest BCUT2D eigenvalue weighted by Gasteiger charge is 2.10. The van der Waals surface area contributed by atoms with E-state index in [1.165, 1.54) is 6.20 Å². The lowest BCUT2D eigenvalue weighted by Crippen LogP contribution is -2.15. The summed E-state index contributed by atoms with van der Waals surface area (Å²) in [4.78, 5) is 20.8. The predicted molar refractivity (Wildman–Crippen MR) is 103 cm³/mol. The summed E-state index contributed by atoms with van der Waals surface area (Å²) < 4.78 is 1.00. The van der Waals surface area contributed by atoms with Crippen molar-refractivity contribution in [3.8, 4) is 0 Å². The largest absolute Gasteiger partial charge is 0.339 e. The molecule has 0 fully saturated rings. The first-order valence-corrected chi connectivity index (χ1v) is 8.69. The van der Waals surface area contributed by atoms with Crippen molar-refractivity contribution in [1.82, 2.24) is 9.97 Å². The zero-order valence-corrected chi connectivity index (χ0v) is 15.2. The van der Waals surface area contributed by atoms with Gasteiger partial charge in [-0.3, -0.25) is 4.79 Å². The number of anilines is 3. The van der Waals surface area contributed by atoms with Crippen LogP contribution in [-0.2, 0) is 6.42 Å². The highest BCUT2D eigenvalue weighted by Crippen LogP contribution is 2.18. The summed E-state index contributed by atoms with van der Waals surface area (Å²) in [5.74, 6) is 0.302. The molecule has 6 heteroatoms. The molecular weight excluding hydrogens is 380 g/mol. The van der Waals surface area contributed by atoms with Gasteiger partial charge in [0.2, 0.25) is 0 Å². The quantitative estimate of drug-likeness (QED) is 0.649. The van der Waals surface area contributed by atoms with Crippen molar-refractivity contribution in [2.24, 2.45) is 0 Å². The average Bonchev–Trinajstić information content (AvgIpc) is 2.64. The summed E-state index contributed by atoms with van der Waals surface area (Å²) in [6.45, 7) is 2.05. The van der Waals surface area contributed by atoms with E-state index >= 15 is 0 Å². The zero-order valence-electron chi connectivity index (χ0n) is 13.7. The fourth-order valence-electron chi connectivity index (χ4n) is 2.33. The topological polar surface area (TPSA) is 66.9 Å². The predicted octanol–water partition coefficient (Wildman–Crippen LogP) is 4.80. The molecule has 0 unspecified atom stereocenters. The lowest BCUT2D eigenvalue weighted by atomic mass is 10.1. The van der Waals surface area contributed by atoms with Crippen molar-refractivity contribution in [2.45, 2.75) is 13.3 Å². The standard InChI is InChI=1S/C19H17BrN4O/c1-2-13-5-3-4-6-16(13)24-19(25)17-11-22-18(12-21-17)23-15-9-7-14(20)8-10-15/h3-12H,2H2,1H3,(H,22,23)(H,24,25). The lowest BCUT2D eigenvalue weighted by Gasteiger charge is -2.09. The van der Waals surface area contributed by atoms with Crippen LogP contribution in [0, 0.1) is 0 Å². The first kappa shape index (κ1) is 17.1. The number of aromatic nitrogens is 2. The summed E-state index contributed by atoms with van der Waals surface area (Å²) in [6.07, 6.45) is 3.85. The average molecular weight is 397 g/mol. The molecule has 0 saturated carbocycles. The van der Waals surface area contributed by atoms with Gasteiger partial charge in [-0.05, 0) is 42.3 Å². The number of carbonyl (C=O) groups is 1. The fourth-order valence-corrected chi connectivity index (χ4v) is 2.59. The number of halogens is 1. The Balaban J connectivity index is 1.69. The van der Waals surface area contributed by atoms with Crippen molar-refractivity contribution in [3.63, 3.8) is 0 Å². The van der Waals surface area contributed by atoms with E-state index in [2.05, 4.69) is 36.5 Å². The molecule has 0 aliphatic carbocycles. The normalized spacial score (nSPS) is 10.3. The Morgan fingerprint density at radius 1 is 1.04 bits per heavy atom.